The van der Waals surface area contributed by atoms with Gasteiger partial charge in [0.15, 0.2) is 0 Å². The van der Waals surface area contributed by atoms with Crippen molar-refractivity contribution >= 4 is 17.5 Å². The minimum absolute atomic E-state index is 0.0778. The molecule has 3 aliphatic carbocycles. The quantitative estimate of drug-likeness (QED) is 0.634. The van der Waals surface area contributed by atoms with Gasteiger partial charge in [0, 0.05) is 32.4 Å². The minimum Gasteiger partial charge on any atom is -0.350 e. The van der Waals surface area contributed by atoms with E-state index in [1.54, 1.807) is 15.5 Å². The Bertz CT molecular complexity index is 1140. The molecule has 194 valence electrons. The molecule has 6 rings (SSSR count). The van der Waals surface area contributed by atoms with E-state index in [-0.39, 0.29) is 17.2 Å². The molecule has 5 unspecified atom stereocenters. The van der Waals surface area contributed by atoms with Gasteiger partial charge in [-0.3, -0.25) is 14.0 Å². The van der Waals surface area contributed by atoms with Gasteiger partial charge in [0.1, 0.15) is 17.0 Å². The highest BCUT2D eigenvalue weighted by Gasteiger charge is 2.59. The number of amides is 2. The standard InChI is InChI=1S/C29H41N5O2/c1-4-29(14-19-12-22(19)23-13-20(23)15-29)18-30-27(35)25-9-7-10-26-31-24(17-34(25)26)28(36)33(3)16-21-8-5-6-11-32(21)2/h7,9-10,17,19-23H,4-6,8,11-16,18H2,1-3H3,(H,30,35)/t19?,20?,21?,22-,23?,29?/m0/s1. The Morgan fingerprint density at radius 1 is 1.17 bits per heavy atom. The van der Waals surface area contributed by atoms with E-state index in [0.717, 1.165) is 49.6 Å². The lowest BCUT2D eigenvalue weighted by atomic mass is 9.76. The fraction of sp³-hybridized carbons (Fsp3) is 0.690. The lowest BCUT2D eigenvalue weighted by Crippen LogP contribution is -2.45. The van der Waals surface area contributed by atoms with Crippen LogP contribution in [0.2, 0.25) is 0 Å². The summed E-state index contributed by atoms with van der Waals surface area (Å²) < 4.78 is 1.78. The molecule has 0 radical (unpaired) electrons. The molecule has 3 heterocycles. The van der Waals surface area contributed by atoms with Gasteiger partial charge >= 0.3 is 0 Å². The number of pyridine rings is 1. The monoisotopic (exact) mass is 491 g/mol. The Balaban J connectivity index is 1.15. The molecule has 1 saturated heterocycles. The van der Waals surface area contributed by atoms with Crippen molar-refractivity contribution in [1.82, 2.24) is 24.5 Å². The van der Waals surface area contributed by atoms with Crippen LogP contribution in [-0.2, 0) is 0 Å². The largest absolute Gasteiger partial charge is 0.350 e. The minimum atomic E-state index is -0.0922. The van der Waals surface area contributed by atoms with Crippen LogP contribution in [0.3, 0.4) is 0 Å². The summed E-state index contributed by atoms with van der Waals surface area (Å²) in [5.41, 5.74) is 1.80. The summed E-state index contributed by atoms with van der Waals surface area (Å²) in [6.07, 6.45) is 11.8. The van der Waals surface area contributed by atoms with Crippen molar-refractivity contribution in [2.45, 2.75) is 64.3 Å². The van der Waals surface area contributed by atoms with Gasteiger partial charge in [-0.1, -0.05) is 19.4 Å². The first-order chi connectivity index (χ1) is 17.4. The fourth-order valence-corrected chi connectivity index (χ4v) is 7.44. The fourth-order valence-electron chi connectivity index (χ4n) is 7.44. The normalized spacial score (nSPS) is 33.4. The number of nitrogens with zero attached hydrogens (tertiary/aromatic N) is 4. The number of rotatable bonds is 7. The maximum Gasteiger partial charge on any atom is 0.273 e. The van der Waals surface area contributed by atoms with Crippen LogP contribution in [0, 0.1) is 29.1 Å². The number of carbonyl (C=O) groups is 2. The van der Waals surface area contributed by atoms with Crippen LogP contribution >= 0.6 is 0 Å². The van der Waals surface area contributed by atoms with E-state index >= 15 is 0 Å². The van der Waals surface area contributed by atoms with Gasteiger partial charge in [0.05, 0.1) is 0 Å². The number of nitrogens with one attached hydrogen (secondary N) is 1. The first kappa shape index (κ1) is 24.0. The third kappa shape index (κ3) is 4.44. The number of hydrogen-bond donors (Lipinski definition) is 1. The van der Waals surface area contributed by atoms with E-state index in [9.17, 15) is 9.59 Å². The van der Waals surface area contributed by atoms with Crippen molar-refractivity contribution in [3.63, 3.8) is 0 Å². The molecule has 36 heavy (non-hydrogen) atoms. The van der Waals surface area contributed by atoms with E-state index in [0.29, 0.717) is 29.6 Å². The van der Waals surface area contributed by atoms with Gasteiger partial charge < -0.3 is 15.1 Å². The maximum atomic E-state index is 13.4. The Hall–Kier alpha value is -2.41. The van der Waals surface area contributed by atoms with Crippen molar-refractivity contribution in [2.24, 2.45) is 29.1 Å². The van der Waals surface area contributed by atoms with E-state index in [1.807, 2.05) is 25.2 Å². The summed E-state index contributed by atoms with van der Waals surface area (Å²) in [6.45, 7) is 4.81. The van der Waals surface area contributed by atoms with Gasteiger partial charge in [0.2, 0.25) is 0 Å². The van der Waals surface area contributed by atoms with E-state index < -0.39 is 0 Å². The molecule has 3 saturated carbocycles. The lowest BCUT2D eigenvalue weighted by molar-refractivity contribution is 0.0711. The molecular weight excluding hydrogens is 450 g/mol. The van der Waals surface area contributed by atoms with Crippen LogP contribution in [0.4, 0.5) is 0 Å². The third-order valence-corrected chi connectivity index (χ3v) is 9.97. The molecule has 0 bridgehead atoms. The van der Waals surface area contributed by atoms with Crippen molar-refractivity contribution in [1.29, 1.82) is 0 Å². The van der Waals surface area contributed by atoms with Crippen LogP contribution in [0.15, 0.2) is 24.4 Å². The van der Waals surface area contributed by atoms with Gasteiger partial charge in [-0.2, -0.15) is 0 Å². The zero-order chi connectivity index (χ0) is 25.0. The molecule has 0 aromatic carbocycles. The summed E-state index contributed by atoms with van der Waals surface area (Å²) >= 11 is 0. The summed E-state index contributed by atoms with van der Waals surface area (Å²) in [7, 11) is 4.00. The summed E-state index contributed by atoms with van der Waals surface area (Å²) in [5, 5.41) is 3.29. The Morgan fingerprint density at radius 2 is 1.92 bits per heavy atom. The Labute approximate surface area is 214 Å². The molecule has 1 N–H and O–H groups in total. The van der Waals surface area contributed by atoms with Crippen molar-refractivity contribution in [2.75, 3.05) is 33.7 Å². The predicted octanol–water partition coefficient (Wildman–Crippen LogP) is 4.08. The number of fused-ring (bicyclic) bond motifs is 4. The van der Waals surface area contributed by atoms with Crippen LogP contribution in [-0.4, -0.2) is 70.8 Å². The highest BCUT2D eigenvalue weighted by Crippen LogP contribution is 2.67. The molecule has 7 nitrogen and oxygen atoms in total. The summed E-state index contributed by atoms with van der Waals surface area (Å²) in [5.74, 6) is 3.56. The number of likely N-dealkylation sites (tertiary alicyclic amines) is 1. The number of hydrogen-bond acceptors (Lipinski definition) is 4. The molecule has 7 heteroatoms. The molecule has 1 aliphatic heterocycles. The summed E-state index contributed by atoms with van der Waals surface area (Å²) in [4.78, 5) is 35.3. The number of aromatic nitrogens is 2. The third-order valence-electron chi connectivity index (χ3n) is 9.97. The second-order valence-electron chi connectivity index (χ2n) is 12.3. The molecular formula is C29H41N5O2. The van der Waals surface area contributed by atoms with Crippen LogP contribution in [0.1, 0.15) is 79.3 Å². The van der Waals surface area contributed by atoms with Gasteiger partial charge in [-0.15, -0.1) is 0 Å². The second kappa shape index (κ2) is 9.16. The predicted molar refractivity (Wildman–Crippen MR) is 140 cm³/mol. The van der Waals surface area contributed by atoms with E-state index in [2.05, 4.69) is 29.2 Å². The van der Waals surface area contributed by atoms with Crippen LogP contribution in [0.5, 0.6) is 0 Å². The highest BCUT2D eigenvalue weighted by atomic mass is 16.2. The zero-order valence-corrected chi connectivity index (χ0v) is 22.1. The van der Waals surface area contributed by atoms with Crippen LogP contribution < -0.4 is 5.32 Å². The topological polar surface area (TPSA) is 70.0 Å². The van der Waals surface area contributed by atoms with Crippen molar-refractivity contribution < 1.29 is 9.59 Å². The van der Waals surface area contributed by atoms with Gasteiger partial charge in [-0.05, 0) is 99.8 Å². The average molecular weight is 492 g/mol. The summed E-state index contributed by atoms with van der Waals surface area (Å²) in [6, 6.07) is 5.94. The van der Waals surface area contributed by atoms with E-state index in [4.69, 9.17) is 0 Å². The average Bonchev–Trinajstić information content (AvgIpc) is 3.76. The molecule has 2 aromatic heterocycles. The molecule has 2 aromatic rings. The lowest BCUT2D eigenvalue weighted by Gasteiger charge is -2.34. The molecule has 2 amide bonds. The first-order valence-electron chi connectivity index (χ1n) is 14.1. The zero-order valence-electron chi connectivity index (χ0n) is 22.1. The molecule has 4 fully saturated rings. The smallest absolute Gasteiger partial charge is 0.273 e. The van der Waals surface area contributed by atoms with Gasteiger partial charge in [-0.25, -0.2) is 4.98 Å². The van der Waals surface area contributed by atoms with Gasteiger partial charge in [0.25, 0.3) is 11.8 Å². The first-order valence-corrected chi connectivity index (χ1v) is 14.1. The van der Waals surface area contributed by atoms with Crippen molar-refractivity contribution in [3.05, 3.63) is 35.8 Å². The number of piperidine rings is 1. The molecule has 0 spiro atoms. The van der Waals surface area contributed by atoms with Crippen LogP contribution in [0.25, 0.3) is 5.65 Å². The SMILES string of the molecule is CCC1(CNC(=O)c2cccc3nc(C(=O)N(C)CC4CCCCN4C)cn23)CC2CC2[C@H]2CC2C1. The number of carbonyl (C=O) groups excluding carboxylic acids is 2. The molecule has 6 atom stereocenters. The second-order valence-corrected chi connectivity index (χ2v) is 12.3. The van der Waals surface area contributed by atoms with Crippen molar-refractivity contribution in [3.8, 4) is 0 Å². The Morgan fingerprint density at radius 3 is 2.61 bits per heavy atom. The number of imidazole rings is 1. The maximum absolute atomic E-state index is 13.4. The number of likely N-dealkylation sites (N-methyl/N-ethyl adjacent to an activating group) is 2. The Kier molecular flexibility index (Phi) is 6.09. The highest BCUT2D eigenvalue weighted by molar-refractivity contribution is 5.95. The molecule has 4 aliphatic rings. The van der Waals surface area contributed by atoms with E-state index in [1.165, 1.54) is 38.5 Å².